The molecule has 0 radical (unpaired) electrons. The van der Waals surface area contributed by atoms with Gasteiger partial charge in [-0.1, -0.05) is 11.3 Å². The Hall–Kier alpha value is -1.48. The first-order chi connectivity index (χ1) is 9.55. The number of sulfone groups is 1. The zero-order chi connectivity index (χ0) is 14.6. The van der Waals surface area contributed by atoms with Crippen molar-refractivity contribution in [2.75, 3.05) is 17.6 Å². The van der Waals surface area contributed by atoms with E-state index >= 15 is 0 Å². The summed E-state index contributed by atoms with van der Waals surface area (Å²) < 4.78 is 26.1. The molecule has 2 heterocycles. The Bertz CT molecular complexity index is 662. The van der Waals surface area contributed by atoms with Gasteiger partial charge < -0.3 is 5.32 Å². The molecule has 0 saturated heterocycles. The van der Waals surface area contributed by atoms with Crippen molar-refractivity contribution in [2.45, 2.75) is 31.2 Å². The Morgan fingerprint density at radius 2 is 2.15 bits per heavy atom. The van der Waals surface area contributed by atoms with Crippen LogP contribution in [0.2, 0.25) is 0 Å². The minimum Gasteiger partial charge on any atom is -0.360 e. The molecule has 9 heteroatoms. The lowest BCUT2D eigenvalue weighted by atomic mass is 10.3. The third kappa shape index (κ3) is 3.54. The van der Waals surface area contributed by atoms with Crippen molar-refractivity contribution in [3.63, 3.8) is 0 Å². The van der Waals surface area contributed by atoms with Gasteiger partial charge in [0.2, 0.25) is 19.3 Å². The molecule has 0 aliphatic carbocycles. The summed E-state index contributed by atoms with van der Waals surface area (Å²) in [6.45, 7) is 5.36. The van der Waals surface area contributed by atoms with E-state index in [-0.39, 0.29) is 10.1 Å². The highest BCUT2D eigenvalue weighted by Gasteiger charge is 2.20. The molecule has 2 rings (SSSR count). The van der Waals surface area contributed by atoms with Crippen LogP contribution in [0.25, 0.3) is 0 Å². The fourth-order valence-electron chi connectivity index (χ4n) is 1.61. The average molecular weight is 315 g/mol. The highest BCUT2D eigenvalue weighted by molar-refractivity contribution is 7.93. The van der Waals surface area contributed by atoms with Gasteiger partial charge in [0, 0.05) is 19.3 Å². The van der Waals surface area contributed by atoms with Crippen molar-refractivity contribution in [1.82, 2.24) is 20.0 Å². The number of hydrogen-bond acceptors (Lipinski definition) is 7. The van der Waals surface area contributed by atoms with Crippen LogP contribution in [-0.2, 0) is 22.8 Å². The van der Waals surface area contributed by atoms with Gasteiger partial charge in [0.1, 0.15) is 0 Å². The number of rotatable bonds is 7. The molecule has 0 aromatic carbocycles. The van der Waals surface area contributed by atoms with E-state index in [1.54, 1.807) is 10.9 Å². The van der Waals surface area contributed by atoms with Gasteiger partial charge in [0.25, 0.3) is 0 Å². The van der Waals surface area contributed by atoms with E-state index in [1.165, 1.54) is 0 Å². The number of nitrogens with zero attached hydrogens (tertiary/aromatic N) is 4. The summed E-state index contributed by atoms with van der Waals surface area (Å²) in [5.74, 6) is 0.0170. The molecule has 0 spiro atoms. The first-order valence-corrected chi connectivity index (χ1v) is 8.83. The van der Waals surface area contributed by atoms with E-state index in [0.717, 1.165) is 23.4 Å². The molecule has 0 aliphatic rings. The van der Waals surface area contributed by atoms with Gasteiger partial charge in [-0.25, -0.2) is 8.42 Å². The van der Waals surface area contributed by atoms with E-state index in [2.05, 4.69) is 20.6 Å². The fraction of sp³-hybridized carbons (Fsp3) is 0.545. The summed E-state index contributed by atoms with van der Waals surface area (Å²) in [6, 6.07) is 0. The molecular formula is C11H17N5O2S2. The molecule has 0 atom stereocenters. The van der Waals surface area contributed by atoms with Gasteiger partial charge >= 0.3 is 0 Å². The molecule has 2 aromatic rings. The zero-order valence-corrected chi connectivity index (χ0v) is 13.0. The van der Waals surface area contributed by atoms with Crippen LogP contribution in [0.1, 0.15) is 19.4 Å². The van der Waals surface area contributed by atoms with Crippen LogP contribution in [0.4, 0.5) is 5.13 Å². The second kappa shape index (κ2) is 6.31. The predicted octanol–water partition coefficient (Wildman–Crippen LogP) is 1.20. The van der Waals surface area contributed by atoms with Crippen LogP contribution in [0.3, 0.4) is 0 Å². The third-order valence-electron chi connectivity index (χ3n) is 2.67. The summed E-state index contributed by atoms with van der Waals surface area (Å²) in [7, 11) is -3.39. The molecule has 0 aliphatic heterocycles. The maximum atomic E-state index is 12.2. The van der Waals surface area contributed by atoms with Crippen LogP contribution in [0, 0.1) is 0 Å². The topological polar surface area (TPSA) is 89.8 Å². The smallest absolute Gasteiger partial charge is 0.234 e. The molecule has 2 aromatic heterocycles. The summed E-state index contributed by atoms with van der Waals surface area (Å²) >= 11 is 1.07. The van der Waals surface area contributed by atoms with Gasteiger partial charge in [-0.2, -0.15) is 5.10 Å². The van der Waals surface area contributed by atoms with Crippen molar-refractivity contribution in [2.24, 2.45) is 0 Å². The average Bonchev–Trinajstić information content (AvgIpc) is 3.06. The molecule has 0 saturated carbocycles. The molecule has 110 valence electrons. The minimum atomic E-state index is -3.39. The lowest BCUT2D eigenvalue weighted by molar-refractivity contribution is 0.593. The minimum absolute atomic E-state index is 0.0170. The standard InChI is InChI=1S/C11H17N5O2S2/c1-3-12-10-14-15-11(19-10)20(17,18)6-5-9-7-13-16(4-2)8-9/h7-8H,3-6H2,1-2H3,(H,12,14). The van der Waals surface area contributed by atoms with Crippen LogP contribution in [0.5, 0.6) is 0 Å². The molecule has 0 bridgehead atoms. The molecule has 7 nitrogen and oxygen atoms in total. The highest BCUT2D eigenvalue weighted by atomic mass is 32.2. The van der Waals surface area contributed by atoms with Crippen LogP contribution < -0.4 is 5.32 Å². The van der Waals surface area contributed by atoms with E-state index in [1.807, 2.05) is 20.0 Å². The van der Waals surface area contributed by atoms with Crippen molar-refractivity contribution >= 4 is 26.3 Å². The maximum Gasteiger partial charge on any atom is 0.234 e. The quantitative estimate of drug-likeness (QED) is 0.826. The Morgan fingerprint density at radius 3 is 2.80 bits per heavy atom. The van der Waals surface area contributed by atoms with E-state index < -0.39 is 9.84 Å². The van der Waals surface area contributed by atoms with Gasteiger partial charge in [-0.15, -0.1) is 10.2 Å². The summed E-state index contributed by atoms with van der Waals surface area (Å²) in [5.41, 5.74) is 0.909. The van der Waals surface area contributed by atoms with Gasteiger partial charge in [0.15, 0.2) is 0 Å². The summed E-state index contributed by atoms with van der Waals surface area (Å²) in [5, 5.41) is 15.2. The zero-order valence-electron chi connectivity index (χ0n) is 11.4. The molecule has 20 heavy (non-hydrogen) atoms. The van der Waals surface area contributed by atoms with Crippen molar-refractivity contribution < 1.29 is 8.42 Å². The molecule has 1 N–H and O–H groups in total. The number of aromatic nitrogens is 4. The Morgan fingerprint density at radius 1 is 1.35 bits per heavy atom. The van der Waals surface area contributed by atoms with E-state index in [4.69, 9.17) is 0 Å². The summed E-state index contributed by atoms with van der Waals surface area (Å²) in [6.07, 6.45) is 3.99. The first kappa shape index (κ1) is 14.9. The number of hydrogen-bond donors (Lipinski definition) is 1. The fourth-order valence-corrected chi connectivity index (χ4v) is 3.99. The Kier molecular flexibility index (Phi) is 4.71. The monoisotopic (exact) mass is 315 g/mol. The van der Waals surface area contributed by atoms with E-state index in [9.17, 15) is 8.42 Å². The normalized spacial score (nSPS) is 11.7. The predicted molar refractivity (Wildman–Crippen MR) is 77.7 cm³/mol. The lowest BCUT2D eigenvalue weighted by Gasteiger charge is -1.98. The molecule has 0 unspecified atom stereocenters. The Balaban J connectivity index is 2.02. The lowest BCUT2D eigenvalue weighted by Crippen LogP contribution is -2.08. The molecule has 0 amide bonds. The highest BCUT2D eigenvalue weighted by Crippen LogP contribution is 2.21. The number of nitrogens with one attached hydrogen (secondary N) is 1. The van der Waals surface area contributed by atoms with Crippen molar-refractivity contribution in [1.29, 1.82) is 0 Å². The van der Waals surface area contributed by atoms with Crippen LogP contribution in [-0.4, -0.2) is 40.7 Å². The maximum absolute atomic E-state index is 12.2. The van der Waals surface area contributed by atoms with Gasteiger partial charge in [-0.3, -0.25) is 4.68 Å². The summed E-state index contributed by atoms with van der Waals surface area (Å²) in [4.78, 5) is 0. The largest absolute Gasteiger partial charge is 0.360 e. The number of aryl methyl sites for hydroxylation is 2. The van der Waals surface area contributed by atoms with Crippen LogP contribution in [0.15, 0.2) is 16.7 Å². The third-order valence-corrected chi connectivity index (χ3v) is 5.71. The van der Waals surface area contributed by atoms with Crippen molar-refractivity contribution in [3.8, 4) is 0 Å². The Labute approximate surface area is 122 Å². The second-order valence-electron chi connectivity index (χ2n) is 4.18. The van der Waals surface area contributed by atoms with Gasteiger partial charge in [-0.05, 0) is 25.8 Å². The van der Waals surface area contributed by atoms with Crippen LogP contribution >= 0.6 is 11.3 Å². The van der Waals surface area contributed by atoms with E-state index in [0.29, 0.717) is 18.1 Å². The SMILES string of the molecule is CCNc1nnc(S(=O)(=O)CCc2cnn(CC)c2)s1. The molecule has 0 fully saturated rings. The van der Waals surface area contributed by atoms with Crippen molar-refractivity contribution in [3.05, 3.63) is 18.0 Å². The molecular weight excluding hydrogens is 298 g/mol. The first-order valence-electron chi connectivity index (χ1n) is 6.36. The number of anilines is 1. The second-order valence-corrected chi connectivity index (χ2v) is 7.44. The van der Waals surface area contributed by atoms with Gasteiger partial charge in [0.05, 0.1) is 11.9 Å².